The zero-order valence-corrected chi connectivity index (χ0v) is 12.3. The average Bonchev–Trinajstić information content (AvgIpc) is 3.05. The third-order valence-electron chi connectivity index (χ3n) is 2.94. The highest BCUT2D eigenvalue weighted by atomic mass is 16.5. The molecule has 0 radical (unpaired) electrons. The number of hydrogen-bond donors (Lipinski definition) is 1. The molecule has 0 aliphatic rings. The molecule has 0 bridgehead atoms. The molecule has 0 saturated carbocycles. The molecule has 0 unspecified atom stereocenters. The predicted molar refractivity (Wildman–Crippen MR) is 75.5 cm³/mol. The zero-order valence-electron chi connectivity index (χ0n) is 12.3. The summed E-state index contributed by atoms with van der Waals surface area (Å²) < 4.78 is 12.3. The topological polar surface area (TPSA) is 65.1 Å². The Bertz CT molecular complexity index is 519. The minimum atomic E-state index is 0.290. The van der Waals surface area contributed by atoms with Crippen LogP contribution in [0.5, 0.6) is 0 Å². The van der Waals surface area contributed by atoms with Crippen LogP contribution in [-0.2, 0) is 17.8 Å². The summed E-state index contributed by atoms with van der Waals surface area (Å²) >= 11 is 0. The van der Waals surface area contributed by atoms with E-state index in [1.807, 2.05) is 24.6 Å². The highest BCUT2D eigenvalue weighted by Gasteiger charge is 2.09. The fraction of sp³-hybridized carbons (Fsp3) is 0.571. The van der Waals surface area contributed by atoms with Gasteiger partial charge in [0.2, 0.25) is 5.89 Å². The van der Waals surface area contributed by atoms with Crippen molar-refractivity contribution < 1.29 is 9.26 Å². The molecule has 0 saturated heterocycles. The summed E-state index contributed by atoms with van der Waals surface area (Å²) in [4.78, 5) is 4.37. The van der Waals surface area contributed by atoms with Crippen LogP contribution in [0.25, 0.3) is 0 Å². The van der Waals surface area contributed by atoms with Gasteiger partial charge >= 0.3 is 0 Å². The molecule has 6 nitrogen and oxygen atoms in total. The van der Waals surface area contributed by atoms with Gasteiger partial charge in [-0.1, -0.05) is 19.0 Å². The van der Waals surface area contributed by atoms with Crippen molar-refractivity contribution in [1.82, 2.24) is 20.0 Å². The van der Waals surface area contributed by atoms with Gasteiger partial charge in [0.25, 0.3) is 0 Å². The molecule has 2 rings (SSSR count). The Labute approximate surface area is 119 Å². The molecule has 0 spiro atoms. The maximum absolute atomic E-state index is 5.24. The lowest BCUT2D eigenvalue weighted by atomic mass is 10.2. The molecule has 0 aromatic carbocycles. The molecule has 2 aromatic rings. The Hall–Kier alpha value is -1.66. The van der Waals surface area contributed by atoms with E-state index in [9.17, 15) is 0 Å². The lowest BCUT2D eigenvalue weighted by Gasteiger charge is -2.01. The number of nitrogens with one attached hydrogen (secondary N) is 1. The molecule has 0 aliphatic carbocycles. The van der Waals surface area contributed by atoms with Gasteiger partial charge in [-0.2, -0.15) is 4.98 Å². The first-order valence-electron chi connectivity index (χ1n) is 6.86. The molecule has 0 aliphatic heterocycles. The number of methoxy groups -OCH3 is 1. The van der Waals surface area contributed by atoms with Crippen molar-refractivity contribution in [3.63, 3.8) is 0 Å². The third kappa shape index (κ3) is 4.18. The van der Waals surface area contributed by atoms with Crippen molar-refractivity contribution >= 4 is 0 Å². The van der Waals surface area contributed by atoms with E-state index >= 15 is 0 Å². The largest absolute Gasteiger partial charge is 0.383 e. The molecule has 2 aromatic heterocycles. The Morgan fingerprint density at radius 3 is 3.00 bits per heavy atom. The minimum Gasteiger partial charge on any atom is -0.383 e. The molecule has 6 heteroatoms. The van der Waals surface area contributed by atoms with Crippen LogP contribution in [0.1, 0.15) is 37.0 Å². The first-order valence-corrected chi connectivity index (χ1v) is 6.86. The maximum Gasteiger partial charge on any atom is 0.246 e. The normalized spacial score (nSPS) is 11.4. The van der Waals surface area contributed by atoms with Crippen LogP contribution in [0.15, 0.2) is 23.0 Å². The maximum atomic E-state index is 5.24. The Morgan fingerprint density at radius 2 is 2.30 bits per heavy atom. The van der Waals surface area contributed by atoms with Crippen LogP contribution in [0.3, 0.4) is 0 Å². The summed E-state index contributed by atoms with van der Waals surface area (Å²) in [6.07, 6.45) is 4.10. The molecular formula is C14H22N4O2. The van der Waals surface area contributed by atoms with Crippen molar-refractivity contribution in [1.29, 1.82) is 0 Å². The van der Waals surface area contributed by atoms with E-state index in [2.05, 4.69) is 27.7 Å². The number of hydrogen-bond acceptors (Lipinski definition) is 5. The van der Waals surface area contributed by atoms with Crippen molar-refractivity contribution in [2.24, 2.45) is 0 Å². The van der Waals surface area contributed by atoms with Crippen molar-refractivity contribution in [2.45, 2.75) is 32.9 Å². The van der Waals surface area contributed by atoms with E-state index in [4.69, 9.17) is 9.26 Å². The van der Waals surface area contributed by atoms with E-state index in [0.29, 0.717) is 12.4 Å². The van der Waals surface area contributed by atoms with Gasteiger partial charge in [-0.3, -0.25) is 0 Å². The highest BCUT2D eigenvalue weighted by molar-refractivity contribution is 5.10. The fourth-order valence-corrected chi connectivity index (χ4v) is 1.82. The number of ether oxygens (including phenoxy) is 1. The van der Waals surface area contributed by atoms with Crippen LogP contribution >= 0.6 is 0 Å². The van der Waals surface area contributed by atoms with Crippen LogP contribution in [0.4, 0.5) is 0 Å². The van der Waals surface area contributed by atoms with Crippen molar-refractivity contribution in [2.75, 3.05) is 20.3 Å². The Morgan fingerprint density at radius 1 is 1.45 bits per heavy atom. The van der Waals surface area contributed by atoms with Crippen molar-refractivity contribution in [3.05, 3.63) is 35.7 Å². The molecule has 1 N–H and O–H groups in total. The molecule has 2 heterocycles. The van der Waals surface area contributed by atoms with E-state index in [1.54, 1.807) is 7.11 Å². The van der Waals surface area contributed by atoms with E-state index in [1.165, 1.54) is 5.56 Å². The third-order valence-corrected chi connectivity index (χ3v) is 2.94. The van der Waals surface area contributed by atoms with Crippen molar-refractivity contribution in [3.8, 4) is 0 Å². The first-order chi connectivity index (χ1) is 9.69. The lowest BCUT2D eigenvalue weighted by Crippen LogP contribution is -2.18. The summed E-state index contributed by atoms with van der Waals surface area (Å²) in [6.45, 7) is 7.11. The lowest BCUT2D eigenvalue weighted by molar-refractivity contribution is 0.199. The SMILES string of the molecule is COCCNCc1ccn(Cc2nc(C(C)C)no2)c1. The van der Waals surface area contributed by atoms with Gasteiger partial charge in [0.1, 0.15) is 6.54 Å². The predicted octanol–water partition coefficient (Wildman–Crippen LogP) is 1.78. The minimum absolute atomic E-state index is 0.290. The van der Waals surface area contributed by atoms with Gasteiger partial charge in [0, 0.05) is 38.5 Å². The second-order valence-electron chi connectivity index (χ2n) is 5.06. The van der Waals surface area contributed by atoms with Crippen LogP contribution in [0, 0.1) is 0 Å². The summed E-state index contributed by atoms with van der Waals surface area (Å²) in [5.41, 5.74) is 1.23. The van der Waals surface area contributed by atoms with E-state index in [0.717, 1.165) is 25.5 Å². The van der Waals surface area contributed by atoms with Crippen LogP contribution in [0.2, 0.25) is 0 Å². The highest BCUT2D eigenvalue weighted by Crippen LogP contribution is 2.11. The molecule has 110 valence electrons. The van der Waals surface area contributed by atoms with E-state index < -0.39 is 0 Å². The summed E-state index contributed by atoms with van der Waals surface area (Å²) in [6, 6.07) is 2.08. The fourth-order valence-electron chi connectivity index (χ4n) is 1.82. The van der Waals surface area contributed by atoms with Gasteiger partial charge in [-0.05, 0) is 11.6 Å². The quantitative estimate of drug-likeness (QED) is 0.746. The molecular weight excluding hydrogens is 256 g/mol. The Balaban J connectivity index is 1.85. The second-order valence-corrected chi connectivity index (χ2v) is 5.06. The smallest absolute Gasteiger partial charge is 0.246 e. The number of aromatic nitrogens is 3. The standard InChI is InChI=1S/C14H22N4O2/c1-11(2)14-16-13(20-17-14)10-18-6-4-12(9-18)8-15-5-7-19-3/h4,6,9,11,15H,5,7-8,10H2,1-3H3. The van der Waals surface area contributed by atoms with Gasteiger partial charge in [-0.15, -0.1) is 0 Å². The molecule has 0 atom stereocenters. The summed E-state index contributed by atoms with van der Waals surface area (Å²) in [7, 11) is 1.70. The van der Waals surface area contributed by atoms with Gasteiger partial charge in [0.05, 0.1) is 6.61 Å². The molecule has 0 fully saturated rings. The summed E-state index contributed by atoms with van der Waals surface area (Å²) in [5.74, 6) is 1.69. The Kier molecular flexibility index (Phi) is 5.31. The van der Waals surface area contributed by atoms with Gasteiger partial charge in [-0.25, -0.2) is 0 Å². The summed E-state index contributed by atoms with van der Waals surface area (Å²) in [5, 5.41) is 7.27. The van der Waals surface area contributed by atoms with Gasteiger partial charge in [0.15, 0.2) is 5.82 Å². The van der Waals surface area contributed by atoms with Crippen LogP contribution in [-0.4, -0.2) is 35.0 Å². The second kappa shape index (κ2) is 7.21. The first kappa shape index (κ1) is 14.7. The van der Waals surface area contributed by atoms with Crippen LogP contribution < -0.4 is 5.32 Å². The average molecular weight is 278 g/mol. The molecule has 20 heavy (non-hydrogen) atoms. The number of nitrogens with zero attached hydrogens (tertiary/aromatic N) is 3. The van der Waals surface area contributed by atoms with Gasteiger partial charge < -0.3 is 19.1 Å². The number of rotatable bonds is 8. The monoisotopic (exact) mass is 278 g/mol. The van der Waals surface area contributed by atoms with E-state index in [-0.39, 0.29) is 5.92 Å². The zero-order chi connectivity index (χ0) is 14.4. The molecule has 0 amide bonds.